The highest BCUT2D eigenvalue weighted by Crippen LogP contribution is 2.24. The minimum atomic E-state index is -3.56. The Bertz CT molecular complexity index is 619. The zero-order valence-corrected chi connectivity index (χ0v) is 14.6. The summed E-state index contributed by atoms with van der Waals surface area (Å²) in [6.45, 7) is 1.45. The van der Waals surface area contributed by atoms with Crippen LogP contribution in [0.1, 0.15) is 12.8 Å². The molecule has 1 aliphatic rings. The summed E-state index contributed by atoms with van der Waals surface area (Å²) in [4.78, 5) is 12.3. The number of hydrogen-bond donors (Lipinski definition) is 2. The normalized spacial score (nSPS) is 19.8. The fraction of sp³-hybridized carbons (Fsp3) is 0.500. The summed E-state index contributed by atoms with van der Waals surface area (Å²) in [5, 5.41) is 2.73. The predicted molar refractivity (Wildman–Crippen MR) is 87.7 cm³/mol. The summed E-state index contributed by atoms with van der Waals surface area (Å²) in [6.07, 6.45) is 1.37. The molecule has 0 saturated carbocycles. The van der Waals surface area contributed by atoms with Crippen molar-refractivity contribution in [2.45, 2.75) is 17.7 Å². The van der Waals surface area contributed by atoms with Crippen LogP contribution in [0, 0.1) is 5.92 Å². The summed E-state index contributed by atoms with van der Waals surface area (Å²) in [5.74, 6) is -0.438. The van der Waals surface area contributed by atoms with E-state index in [0.29, 0.717) is 32.5 Å². The molecule has 1 saturated heterocycles. The number of piperidine rings is 1. The maximum Gasteiger partial charge on any atom is 0.243 e. The number of carbonyl (C=O) groups is 1. The van der Waals surface area contributed by atoms with Crippen molar-refractivity contribution in [1.82, 2.24) is 9.62 Å². The number of halogens is 1. The number of rotatable bonds is 5. The Morgan fingerprint density at radius 2 is 2.05 bits per heavy atom. The van der Waals surface area contributed by atoms with E-state index in [1.54, 1.807) is 24.3 Å². The number of sulfonamides is 1. The number of nitrogens with one attached hydrogen (secondary N) is 1. The van der Waals surface area contributed by atoms with Crippen molar-refractivity contribution in [1.29, 1.82) is 0 Å². The van der Waals surface area contributed by atoms with Crippen LogP contribution in [0.25, 0.3) is 0 Å². The summed E-state index contributed by atoms with van der Waals surface area (Å²) < 4.78 is 27.5. The summed E-state index contributed by atoms with van der Waals surface area (Å²) in [7, 11) is -3.56. The standard InChI is InChI=1S/C14H20BrN3O3S/c15-12-3-5-13(6-4-12)22(20,21)18-9-1-2-11(10-18)14(19)17-8-7-16/h3-6,11H,1-2,7-10,16H2,(H,17,19). The average molecular weight is 390 g/mol. The van der Waals surface area contributed by atoms with Gasteiger partial charge in [0.2, 0.25) is 15.9 Å². The van der Waals surface area contributed by atoms with Crippen molar-refractivity contribution in [3.63, 3.8) is 0 Å². The average Bonchev–Trinajstić information content (AvgIpc) is 2.53. The molecule has 8 heteroatoms. The quantitative estimate of drug-likeness (QED) is 0.782. The second-order valence-corrected chi connectivity index (χ2v) is 8.09. The molecule has 3 N–H and O–H groups in total. The van der Waals surface area contributed by atoms with Gasteiger partial charge < -0.3 is 11.1 Å². The van der Waals surface area contributed by atoms with Crippen molar-refractivity contribution in [2.24, 2.45) is 11.7 Å². The third-order valence-corrected chi connectivity index (χ3v) is 6.06. The van der Waals surface area contributed by atoms with E-state index < -0.39 is 10.0 Å². The molecule has 6 nitrogen and oxygen atoms in total. The van der Waals surface area contributed by atoms with Gasteiger partial charge in [-0.2, -0.15) is 4.31 Å². The number of nitrogens with zero attached hydrogens (tertiary/aromatic N) is 1. The molecule has 0 aliphatic carbocycles. The first kappa shape index (κ1) is 17.4. The van der Waals surface area contributed by atoms with Crippen molar-refractivity contribution in [2.75, 3.05) is 26.2 Å². The SMILES string of the molecule is NCCNC(=O)C1CCCN(S(=O)(=O)c2ccc(Br)cc2)C1. The van der Waals surface area contributed by atoms with Gasteiger partial charge in [-0.15, -0.1) is 0 Å². The van der Waals surface area contributed by atoms with Gasteiger partial charge in [0.05, 0.1) is 10.8 Å². The van der Waals surface area contributed by atoms with Crippen molar-refractivity contribution < 1.29 is 13.2 Å². The molecule has 1 amide bonds. The number of nitrogens with two attached hydrogens (primary N) is 1. The molecule has 0 spiro atoms. The Labute approximate surface area is 139 Å². The number of benzene rings is 1. The molecule has 0 aromatic heterocycles. The first-order valence-electron chi connectivity index (χ1n) is 7.18. The third kappa shape index (κ3) is 4.07. The van der Waals surface area contributed by atoms with Crippen LogP contribution in [0.5, 0.6) is 0 Å². The van der Waals surface area contributed by atoms with Gasteiger partial charge in [-0.25, -0.2) is 8.42 Å². The van der Waals surface area contributed by atoms with Crippen molar-refractivity contribution >= 4 is 31.9 Å². The lowest BCUT2D eigenvalue weighted by molar-refractivity contribution is -0.126. The van der Waals surface area contributed by atoms with Crippen LogP contribution >= 0.6 is 15.9 Å². The minimum Gasteiger partial charge on any atom is -0.355 e. The highest BCUT2D eigenvalue weighted by Gasteiger charge is 2.33. The first-order chi connectivity index (χ1) is 10.4. The zero-order valence-electron chi connectivity index (χ0n) is 12.2. The maximum atomic E-state index is 12.6. The lowest BCUT2D eigenvalue weighted by Crippen LogP contribution is -2.46. The van der Waals surface area contributed by atoms with Gasteiger partial charge in [0.1, 0.15) is 0 Å². The topological polar surface area (TPSA) is 92.5 Å². The van der Waals surface area contributed by atoms with E-state index in [-0.39, 0.29) is 23.3 Å². The van der Waals surface area contributed by atoms with Gasteiger partial charge in [0, 0.05) is 30.7 Å². The molecule has 1 fully saturated rings. The monoisotopic (exact) mass is 389 g/mol. The summed E-state index contributed by atoms with van der Waals surface area (Å²) in [5.41, 5.74) is 5.37. The van der Waals surface area contributed by atoms with Crippen molar-refractivity contribution in [3.05, 3.63) is 28.7 Å². The molecule has 1 unspecified atom stereocenters. The summed E-state index contributed by atoms with van der Waals surface area (Å²) in [6, 6.07) is 6.53. The summed E-state index contributed by atoms with van der Waals surface area (Å²) >= 11 is 3.29. The van der Waals surface area contributed by atoms with E-state index in [1.165, 1.54) is 4.31 Å². The number of amides is 1. The van der Waals surface area contributed by atoms with E-state index in [4.69, 9.17) is 5.73 Å². The zero-order chi connectivity index (χ0) is 16.2. The van der Waals surface area contributed by atoms with Crippen LogP contribution in [-0.2, 0) is 14.8 Å². The highest BCUT2D eigenvalue weighted by molar-refractivity contribution is 9.10. The van der Waals surface area contributed by atoms with Crippen LogP contribution in [0.15, 0.2) is 33.6 Å². The van der Waals surface area contributed by atoms with E-state index in [1.807, 2.05) is 0 Å². The molecule has 2 rings (SSSR count). The predicted octanol–water partition coefficient (Wildman–Crippen LogP) is 0.925. The molecule has 122 valence electrons. The minimum absolute atomic E-state index is 0.124. The Kier molecular flexibility index (Phi) is 5.96. The van der Waals surface area contributed by atoms with Gasteiger partial charge in [0.25, 0.3) is 0 Å². The van der Waals surface area contributed by atoms with Crippen LogP contribution in [-0.4, -0.2) is 44.8 Å². The van der Waals surface area contributed by atoms with Gasteiger partial charge in [-0.1, -0.05) is 15.9 Å². The molecule has 1 aliphatic heterocycles. The van der Waals surface area contributed by atoms with Gasteiger partial charge >= 0.3 is 0 Å². The molecule has 0 radical (unpaired) electrons. The lowest BCUT2D eigenvalue weighted by Gasteiger charge is -2.31. The second kappa shape index (κ2) is 7.54. The van der Waals surface area contributed by atoms with Crippen LogP contribution < -0.4 is 11.1 Å². The maximum absolute atomic E-state index is 12.6. The Morgan fingerprint density at radius 3 is 2.68 bits per heavy atom. The smallest absolute Gasteiger partial charge is 0.243 e. The lowest BCUT2D eigenvalue weighted by atomic mass is 9.99. The fourth-order valence-corrected chi connectivity index (χ4v) is 4.26. The Morgan fingerprint density at radius 1 is 1.36 bits per heavy atom. The highest BCUT2D eigenvalue weighted by atomic mass is 79.9. The molecule has 0 bridgehead atoms. The van der Waals surface area contributed by atoms with E-state index in [9.17, 15) is 13.2 Å². The second-order valence-electron chi connectivity index (χ2n) is 5.24. The first-order valence-corrected chi connectivity index (χ1v) is 9.42. The van der Waals surface area contributed by atoms with Crippen molar-refractivity contribution in [3.8, 4) is 0 Å². The largest absolute Gasteiger partial charge is 0.355 e. The fourth-order valence-electron chi connectivity index (χ4n) is 2.47. The number of carbonyl (C=O) groups excluding carboxylic acids is 1. The van der Waals surface area contributed by atoms with E-state index >= 15 is 0 Å². The van der Waals surface area contributed by atoms with Crippen LogP contribution in [0.2, 0.25) is 0 Å². The van der Waals surface area contributed by atoms with E-state index in [2.05, 4.69) is 21.2 Å². The molecule has 1 atom stereocenters. The Balaban J connectivity index is 2.11. The van der Waals surface area contributed by atoms with Crippen LogP contribution in [0.3, 0.4) is 0 Å². The van der Waals surface area contributed by atoms with Gasteiger partial charge in [0.15, 0.2) is 0 Å². The van der Waals surface area contributed by atoms with Crippen LogP contribution in [0.4, 0.5) is 0 Å². The number of hydrogen-bond acceptors (Lipinski definition) is 4. The van der Waals surface area contributed by atoms with E-state index in [0.717, 1.165) is 4.47 Å². The molecular weight excluding hydrogens is 370 g/mol. The third-order valence-electron chi connectivity index (χ3n) is 3.65. The molecule has 1 heterocycles. The Hall–Kier alpha value is -0.960. The molecule has 22 heavy (non-hydrogen) atoms. The molecular formula is C14H20BrN3O3S. The van der Waals surface area contributed by atoms with Gasteiger partial charge in [-0.3, -0.25) is 4.79 Å². The molecule has 1 aromatic carbocycles. The molecule has 1 aromatic rings. The van der Waals surface area contributed by atoms with Gasteiger partial charge in [-0.05, 0) is 37.1 Å².